The third-order valence-electron chi connectivity index (χ3n) is 12.7. The zero-order valence-corrected chi connectivity index (χ0v) is 45.8. The fraction of sp³-hybridized carbons (Fsp3) is 0.183. The first-order chi connectivity index (χ1) is 35.8. The highest BCUT2D eigenvalue weighted by Crippen LogP contribution is 2.41. The first kappa shape index (κ1) is 54.4. The molecule has 0 unspecified atom stereocenters. The van der Waals surface area contributed by atoms with Gasteiger partial charge in [0, 0.05) is 32.9 Å². The molecule has 0 radical (unpaired) electrons. The van der Waals surface area contributed by atoms with Gasteiger partial charge in [-0.2, -0.15) is 0 Å². The number of hydrogen-bond donors (Lipinski definition) is 0. The van der Waals surface area contributed by atoms with E-state index in [1.165, 1.54) is 116 Å². The predicted molar refractivity (Wildman–Crippen MR) is 325 cm³/mol. The Morgan fingerprint density at radius 2 is 0.753 bits per heavy atom. The van der Waals surface area contributed by atoms with Crippen LogP contribution < -0.4 is 0 Å². The third kappa shape index (κ3) is 12.1. The van der Waals surface area contributed by atoms with Crippen LogP contribution in [0.2, 0.25) is 0 Å². The van der Waals surface area contributed by atoms with Crippen LogP contribution in [0.4, 0.5) is 0 Å². The second-order valence-electron chi connectivity index (χ2n) is 17.3. The van der Waals surface area contributed by atoms with Crippen LogP contribution in [0.3, 0.4) is 0 Å². The number of para-hydroxylation sites is 3. The molecule has 0 fully saturated rings. The molecule has 2 nitrogen and oxygen atoms in total. The topological polar surface area (TPSA) is 9.86 Å². The molecule has 0 saturated carbocycles. The molecule has 0 aliphatic carbocycles. The van der Waals surface area contributed by atoms with E-state index in [0.29, 0.717) is 0 Å². The van der Waals surface area contributed by atoms with Crippen LogP contribution in [0.15, 0.2) is 224 Å². The van der Waals surface area contributed by atoms with E-state index in [0.717, 1.165) is 0 Å². The van der Waals surface area contributed by atoms with Crippen LogP contribution in [-0.2, 0) is 0 Å². The van der Waals surface area contributed by atoms with E-state index in [1.54, 1.807) is 0 Å². The van der Waals surface area contributed by atoms with E-state index >= 15 is 0 Å². The lowest BCUT2D eigenvalue weighted by Crippen LogP contribution is -1.94. The molecular formula is C71H76N2. The standard InChI is InChI=1S/C37H29N.C19H15N.C7H8.4C2H6/c1-24-10-9-12-27(20-24)28-18-19-35-33(21-28)34-23-32-29(22-36(34)38(35)30-13-5-4-6-14-30)17-16-26(3)37(32)31-15-8-7-11-25(31)2;1-14-11-12-17-16-9-5-6-10-18(16)20(19(17)13-14)15-7-3-2-4-8-15;1-7-5-3-2-4-6-7;4*1-2/h4-23H,1-3H3;2-13H,1H3;2-6H,1H3;4*1-2H3. The normalized spacial score (nSPS) is 10.3. The molecule has 0 bridgehead atoms. The molecule has 0 N–H and O–H groups in total. The van der Waals surface area contributed by atoms with Crippen molar-refractivity contribution in [1.82, 2.24) is 9.13 Å². The summed E-state index contributed by atoms with van der Waals surface area (Å²) in [6.07, 6.45) is 0. The number of benzene rings is 10. The Balaban J connectivity index is 0.000000207. The second kappa shape index (κ2) is 26.5. The third-order valence-corrected chi connectivity index (χ3v) is 12.7. The molecule has 0 aliphatic heterocycles. The van der Waals surface area contributed by atoms with Gasteiger partial charge in [0.2, 0.25) is 0 Å². The Kier molecular flexibility index (Phi) is 19.7. The van der Waals surface area contributed by atoms with E-state index in [4.69, 9.17) is 0 Å². The van der Waals surface area contributed by atoms with Crippen molar-refractivity contribution >= 4 is 54.4 Å². The van der Waals surface area contributed by atoms with Crippen LogP contribution in [0, 0.1) is 34.6 Å². The van der Waals surface area contributed by atoms with Gasteiger partial charge in [-0.3, -0.25) is 0 Å². The molecule has 0 amide bonds. The summed E-state index contributed by atoms with van der Waals surface area (Å²) in [6.45, 7) is 26.8. The molecule has 0 atom stereocenters. The van der Waals surface area contributed by atoms with Crippen molar-refractivity contribution < 1.29 is 0 Å². The SMILES string of the molecule is CC.CC.CC.CC.Cc1ccc2c3ccccc3n(-c3ccccc3)c2c1.Cc1cccc(-c2ccc3c(c2)c2cc4c(-c5ccccc5C)c(C)ccc4cc2n3-c2ccccc2)c1.Cc1ccccc1. The lowest BCUT2D eigenvalue weighted by Gasteiger charge is -2.14. The average Bonchev–Trinajstić information content (AvgIpc) is 3.95. The number of aromatic nitrogens is 2. The molecule has 12 aromatic rings. The largest absolute Gasteiger partial charge is 0.309 e. The highest BCUT2D eigenvalue weighted by atomic mass is 15.0. The lowest BCUT2D eigenvalue weighted by molar-refractivity contribution is 1.18. The number of nitrogens with zero attached hydrogens (tertiary/aromatic N) is 2. The van der Waals surface area contributed by atoms with E-state index < -0.39 is 0 Å². The van der Waals surface area contributed by atoms with Gasteiger partial charge in [-0.05, 0) is 145 Å². The number of hydrogen-bond acceptors (Lipinski definition) is 0. The minimum Gasteiger partial charge on any atom is -0.309 e. The molecule has 0 spiro atoms. The van der Waals surface area contributed by atoms with Gasteiger partial charge in [0.05, 0.1) is 22.1 Å². The summed E-state index contributed by atoms with van der Waals surface area (Å²) in [7, 11) is 0. The summed E-state index contributed by atoms with van der Waals surface area (Å²) in [5.74, 6) is 0. The maximum Gasteiger partial charge on any atom is 0.0547 e. The van der Waals surface area contributed by atoms with Gasteiger partial charge < -0.3 is 9.13 Å². The number of fused-ring (bicyclic) bond motifs is 7. The molecule has 2 heteroatoms. The zero-order chi connectivity index (χ0) is 52.4. The van der Waals surface area contributed by atoms with Crippen LogP contribution in [-0.4, -0.2) is 9.13 Å². The van der Waals surface area contributed by atoms with E-state index in [2.05, 4.69) is 250 Å². The number of aryl methyl sites for hydroxylation is 5. The number of rotatable bonds is 4. The van der Waals surface area contributed by atoms with Crippen LogP contribution in [0.25, 0.3) is 88.0 Å². The molecule has 370 valence electrons. The van der Waals surface area contributed by atoms with Crippen molar-refractivity contribution in [2.75, 3.05) is 0 Å². The molecule has 73 heavy (non-hydrogen) atoms. The van der Waals surface area contributed by atoms with Crippen molar-refractivity contribution in [3.63, 3.8) is 0 Å². The summed E-state index contributed by atoms with van der Waals surface area (Å²) in [6, 6.07) is 80.6. The quantitative estimate of drug-likeness (QED) is 0.166. The first-order valence-corrected chi connectivity index (χ1v) is 26.6. The van der Waals surface area contributed by atoms with Gasteiger partial charge in [0.15, 0.2) is 0 Å². The molecule has 0 aliphatic rings. The molecule has 12 rings (SSSR count). The highest BCUT2D eigenvalue weighted by Gasteiger charge is 2.18. The zero-order valence-electron chi connectivity index (χ0n) is 45.8. The summed E-state index contributed by atoms with van der Waals surface area (Å²) in [4.78, 5) is 0. The maximum absolute atomic E-state index is 2.43. The predicted octanol–water partition coefficient (Wildman–Crippen LogP) is 21.4. The Hall–Kier alpha value is -7.94. The van der Waals surface area contributed by atoms with Crippen LogP contribution in [0.5, 0.6) is 0 Å². The van der Waals surface area contributed by atoms with Crippen LogP contribution in [0.1, 0.15) is 83.2 Å². The average molecular weight is 957 g/mol. The lowest BCUT2D eigenvalue weighted by atomic mass is 9.90. The fourth-order valence-corrected chi connectivity index (χ4v) is 9.49. The van der Waals surface area contributed by atoms with Crippen molar-refractivity contribution in [3.05, 3.63) is 252 Å². The van der Waals surface area contributed by atoms with E-state index in [1.807, 2.05) is 73.6 Å². The monoisotopic (exact) mass is 957 g/mol. The molecular weight excluding hydrogens is 881 g/mol. The minimum atomic E-state index is 1.18. The molecule has 0 saturated heterocycles. The van der Waals surface area contributed by atoms with Gasteiger partial charge in [0.25, 0.3) is 0 Å². The fourth-order valence-electron chi connectivity index (χ4n) is 9.49. The smallest absolute Gasteiger partial charge is 0.0547 e. The van der Waals surface area contributed by atoms with Gasteiger partial charge in [-0.15, -0.1) is 0 Å². The Morgan fingerprint density at radius 3 is 1.36 bits per heavy atom. The van der Waals surface area contributed by atoms with Crippen molar-refractivity contribution in [1.29, 1.82) is 0 Å². The van der Waals surface area contributed by atoms with E-state index in [-0.39, 0.29) is 0 Å². The summed E-state index contributed by atoms with van der Waals surface area (Å²) in [5.41, 5.74) is 19.0. The maximum atomic E-state index is 2.43. The van der Waals surface area contributed by atoms with Crippen LogP contribution >= 0.6 is 0 Å². The second-order valence-corrected chi connectivity index (χ2v) is 17.3. The Labute approximate surface area is 437 Å². The molecule has 2 heterocycles. The Morgan fingerprint density at radius 1 is 0.260 bits per heavy atom. The van der Waals surface area contributed by atoms with Crippen molar-refractivity contribution in [2.24, 2.45) is 0 Å². The van der Waals surface area contributed by atoms with Gasteiger partial charge >= 0.3 is 0 Å². The minimum absolute atomic E-state index is 1.18. The Bertz CT molecular complexity index is 3630. The summed E-state index contributed by atoms with van der Waals surface area (Å²) < 4.78 is 4.76. The van der Waals surface area contributed by atoms with Gasteiger partial charge in [-0.25, -0.2) is 0 Å². The van der Waals surface area contributed by atoms with E-state index in [9.17, 15) is 0 Å². The first-order valence-electron chi connectivity index (χ1n) is 26.6. The highest BCUT2D eigenvalue weighted by molar-refractivity contribution is 6.16. The van der Waals surface area contributed by atoms with Crippen molar-refractivity contribution in [2.45, 2.75) is 90.0 Å². The summed E-state index contributed by atoms with van der Waals surface area (Å²) in [5, 5.41) is 7.76. The van der Waals surface area contributed by atoms with Gasteiger partial charge in [-0.1, -0.05) is 230 Å². The summed E-state index contributed by atoms with van der Waals surface area (Å²) >= 11 is 0. The molecule has 10 aromatic carbocycles. The van der Waals surface area contributed by atoms with Crippen molar-refractivity contribution in [3.8, 4) is 33.6 Å². The molecule has 2 aromatic heterocycles. The van der Waals surface area contributed by atoms with Gasteiger partial charge in [0.1, 0.15) is 0 Å².